The Balaban J connectivity index is 1.72. The number of fused-ring (bicyclic) bond motifs is 3. The van der Waals surface area contributed by atoms with Crippen LogP contribution < -0.4 is 10.3 Å². The molecule has 1 aliphatic rings. The topological polar surface area (TPSA) is 91.3 Å². The van der Waals surface area contributed by atoms with Crippen LogP contribution in [0.1, 0.15) is 17.2 Å². The molecule has 0 amide bonds. The van der Waals surface area contributed by atoms with Crippen LogP contribution in [0, 0.1) is 13.8 Å². The van der Waals surface area contributed by atoms with Gasteiger partial charge >= 0.3 is 0 Å². The third-order valence-corrected chi connectivity index (χ3v) is 5.85. The van der Waals surface area contributed by atoms with E-state index in [0.29, 0.717) is 37.7 Å². The SMILES string of the molecule is COc1ncc(C)c(-c2ccc3c(c2)[nH]c(=O)c2cnn(C4COCCOC4)c23)c1C. The monoisotopic (exact) mass is 420 g/mol. The van der Waals surface area contributed by atoms with Gasteiger partial charge in [-0.2, -0.15) is 5.10 Å². The zero-order valence-electron chi connectivity index (χ0n) is 17.8. The minimum Gasteiger partial charge on any atom is -0.481 e. The van der Waals surface area contributed by atoms with E-state index in [4.69, 9.17) is 14.2 Å². The molecule has 5 rings (SSSR count). The first-order valence-corrected chi connectivity index (χ1v) is 10.3. The number of aromatic amines is 1. The number of benzene rings is 1. The van der Waals surface area contributed by atoms with Crippen LogP contribution in [0.2, 0.25) is 0 Å². The molecule has 4 aromatic rings. The van der Waals surface area contributed by atoms with Crippen molar-refractivity contribution in [2.24, 2.45) is 0 Å². The van der Waals surface area contributed by atoms with Gasteiger partial charge in [0.1, 0.15) is 0 Å². The molecule has 0 aliphatic carbocycles. The summed E-state index contributed by atoms with van der Waals surface area (Å²) in [4.78, 5) is 20.2. The molecule has 8 heteroatoms. The van der Waals surface area contributed by atoms with Gasteiger partial charge in [0, 0.05) is 17.1 Å². The lowest BCUT2D eigenvalue weighted by Gasteiger charge is -2.17. The fourth-order valence-corrected chi connectivity index (χ4v) is 4.39. The van der Waals surface area contributed by atoms with Crippen molar-refractivity contribution < 1.29 is 14.2 Å². The predicted molar refractivity (Wildman–Crippen MR) is 118 cm³/mol. The number of H-pyrrole nitrogens is 1. The molecule has 3 aromatic heterocycles. The third kappa shape index (κ3) is 3.28. The van der Waals surface area contributed by atoms with E-state index in [-0.39, 0.29) is 11.6 Å². The van der Waals surface area contributed by atoms with Crippen LogP contribution in [0.25, 0.3) is 32.9 Å². The van der Waals surface area contributed by atoms with Crippen LogP contribution in [-0.4, -0.2) is 53.3 Å². The van der Waals surface area contributed by atoms with E-state index in [0.717, 1.165) is 38.7 Å². The number of nitrogens with one attached hydrogen (secondary N) is 1. The summed E-state index contributed by atoms with van der Waals surface area (Å²) in [5, 5.41) is 6.00. The van der Waals surface area contributed by atoms with Crippen LogP contribution in [0.4, 0.5) is 0 Å². The average Bonchev–Trinajstić information content (AvgIpc) is 3.03. The van der Waals surface area contributed by atoms with Crippen LogP contribution in [-0.2, 0) is 9.47 Å². The standard InChI is InChI=1S/C23H24N4O4/c1-13-9-24-23(29-3)14(2)20(13)15-4-5-17-19(8-15)26-22(28)18-10-25-27(21(17)18)16-11-30-6-7-31-12-16/h4-5,8-10,16H,6-7,11-12H2,1-3H3,(H,26,28). The van der Waals surface area contributed by atoms with Gasteiger partial charge in [0.25, 0.3) is 5.56 Å². The summed E-state index contributed by atoms with van der Waals surface area (Å²) in [5.41, 5.74) is 5.43. The van der Waals surface area contributed by atoms with E-state index in [1.807, 2.05) is 30.7 Å². The second-order valence-corrected chi connectivity index (χ2v) is 7.82. The molecule has 0 bridgehead atoms. The van der Waals surface area contributed by atoms with E-state index < -0.39 is 0 Å². The molecular weight excluding hydrogens is 396 g/mol. The van der Waals surface area contributed by atoms with Crippen molar-refractivity contribution in [1.29, 1.82) is 0 Å². The Morgan fingerprint density at radius 3 is 2.65 bits per heavy atom. The van der Waals surface area contributed by atoms with Crippen molar-refractivity contribution in [2.45, 2.75) is 19.9 Å². The highest BCUT2D eigenvalue weighted by atomic mass is 16.5. The molecule has 0 saturated carbocycles. The highest BCUT2D eigenvalue weighted by Gasteiger charge is 2.21. The average molecular weight is 420 g/mol. The Morgan fingerprint density at radius 2 is 1.90 bits per heavy atom. The maximum Gasteiger partial charge on any atom is 0.259 e. The van der Waals surface area contributed by atoms with Crippen molar-refractivity contribution in [2.75, 3.05) is 33.5 Å². The summed E-state index contributed by atoms with van der Waals surface area (Å²) in [6.07, 6.45) is 3.42. The Kier molecular flexibility index (Phi) is 4.95. The molecule has 160 valence electrons. The molecule has 4 heterocycles. The molecule has 1 aliphatic heterocycles. The van der Waals surface area contributed by atoms with Crippen molar-refractivity contribution in [3.63, 3.8) is 0 Å². The van der Waals surface area contributed by atoms with Crippen molar-refractivity contribution in [3.8, 4) is 17.0 Å². The number of nitrogens with zero attached hydrogens (tertiary/aromatic N) is 3. The summed E-state index contributed by atoms with van der Waals surface area (Å²) >= 11 is 0. The van der Waals surface area contributed by atoms with Gasteiger partial charge in [-0.25, -0.2) is 4.98 Å². The molecule has 0 spiro atoms. The molecule has 1 aromatic carbocycles. The fraction of sp³-hybridized carbons (Fsp3) is 0.348. The number of rotatable bonds is 3. The minimum absolute atomic E-state index is 0.0846. The highest BCUT2D eigenvalue weighted by Crippen LogP contribution is 2.34. The van der Waals surface area contributed by atoms with Gasteiger partial charge in [-0.15, -0.1) is 0 Å². The molecule has 8 nitrogen and oxygen atoms in total. The fourth-order valence-electron chi connectivity index (χ4n) is 4.39. The van der Waals surface area contributed by atoms with Crippen LogP contribution in [0.5, 0.6) is 5.88 Å². The van der Waals surface area contributed by atoms with Gasteiger partial charge in [-0.3, -0.25) is 9.48 Å². The molecular formula is C23H24N4O4. The smallest absolute Gasteiger partial charge is 0.259 e. The summed E-state index contributed by atoms with van der Waals surface area (Å²) in [5.74, 6) is 0.594. The summed E-state index contributed by atoms with van der Waals surface area (Å²) in [6, 6.07) is 6.01. The van der Waals surface area contributed by atoms with Crippen LogP contribution in [0.15, 0.2) is 35.4 Å². The molecule has 1 saturated heterocycles. The quantitative estimate of drug-likeness (QED) is 0.548. The second kappa shape index (κ2) is 7.79. The second-order valence-electron chi connectivity index (χ2n) is 7.82. The number of aryl methyl sites for hydroxylation is 1. The van der Waals surface area contributed by atoms with Gasteiger partial charge in [-0.05, 0) is 36.6 Å². The molecule has 31 heavy (non-hydrogen) atoms. The van der Waals surface area contributed by atoms with Crippen molar-refractivity contribution >= 4 is 21.8 Å². The highest BCUT2D eigenvalue weighted by molar-refractivity contribution is 6.04. The lowest BCUT2D eigenvalue weighted by atomic mass is 9.96. The zero-order valence-corrected chi connectivity index (χ0v) is 17.8. The third-order valence-electron chi connectivity index (χ3n) is 5.85. The van der Waals surface area contributed by atoms with Gasteiger partial charge in [0.05, 0.1) is 62.2 Å². The maximum atomic E-state index is 12.8. The lowest BCUT2D eigenvalue weighted by molar-refractivity contribution is 0.103. The maximum absolute atomic E-state index is 12.8. The first-order chi connectivity index (χ1) is 15.1. The molecule has 0 atom stereocenters. The normalized spacial score (nSPS) is 15.5. The number of pyridine rings is 2. The van der Waals surface area contributed by atoms with E-state index in [9.17, 15) is 4.79 Å². The number of hydrogen-bond acceptors (Lipinski definition) is 6. The Labute approximate surface area is 178 Å². The number of aromatic nitrogens is 4. The van der Waals surface area contributed by atoms with Crippen molar-refractivity contribution in [3.05, 3.63) is 52.1 Å². The van der Waals surface area contributed by atoms with E-state index in [1.165, 1.54) is 0 Å². The first-order valence-electron chi connectivity index (χ1n) is 10.3. The van der Waals surface area contributed by atoms with E-state index >= 15 is 0 Å². The number of ether oxygens (including phenoxy) is 3. The Bertz CT molecular complexity index is 1330. The first kappa shape index (κ1) is 19.7. The molecule has 1 fully saturated rings. The van der Waals surface area contributed by atoms with Gasteiger partial charge < -0.3 is 19.2 Å². The summed E-state index contributed by atoms with van der Waals surface area (Å²) < 4.78 is 18.6. The van der Waals surface area contributed by atoms with Crippen LogP contribution in [0.3, 0.4) is 0 Å². The van der Waals surface area contributed by atoms with E-state index in [1.54, 1.807) is 19.5 Å². The molecule has 0 radical (unpaired) electrons. The predicted octanol–water partition coefficient (Wildman–Crippen LogP) is 3.15. The molecule has 0 unspecified atom stereocenters. The summed E-state index contributed by atoms with van der Waals surface area (Å²) in [7, 11) is 1.62. The number of hydrogen-bond donors (Lipinski definition) is 1. The minimum atomic E-state index is -0.165. The van der Waals surface area contributed by atoms with Gasteiger partial charge in [0.2, 0.25) is 5.88 Å². The van der Waals surface area contributed by atoms with Crippen molar-refractivity contribution in [1.82, 2.24) is 19.7 Å². The zero-order chi connectivity index (χ0) is 21.5. The Hall–Kier alpha value is -3.23. The lowest BCUT2D eigenvalue weighted by Crippen LogP contribution is -2.19. The van der Waals surface area contributed by atoms with Crippen LogP contribution >= 0.6 is 0 Å². The largest absolute Gasteiger partial charge is 0.481 e. The molecule has 1 N–H and O–H groups in total. The van der Waals surface area contributed by atoms with Gasteiger partial charge in [-0.1, -0.05) is 12.1 Å². The van der Waals surface area contributed by atoms with Gasteiger partial charge in [0.15, 0.2) is 0 Å². The Morgan fingerprint density at radius 1 is 1.13 bits per heavy atom. The van der Waals surface area contributed by atoms with E-state index in [2.05, 4.69) is 21.1 Å². The number of methoxy groups -OCH3 is 1. The summed E-state index contributed by atoms with van der Waals surface area (Å²) in [6.45, 7) is 6.14.